The van der Waals surface area contributed by atoms with E-state index in [-0.39, 0.29) is 0 Å². The number of hydrogen-bond donors (Lipinski definition) is 7. The summed E-state index contributed by atoms with van der Waals surface area (Å²) >= 11 is 0. The average Bonchev–Trinajstić information content (AvgIpc) is 2.56. The molecule has 0 aromatic carbocycles. The van der Waals surface area contributed by atoms with Crippen molar-refractivity contribution >= 4 is 29.6 Å². The van der Waals surface area contributed by atoms with E-state index in [9.17, 15) is 29.1 Å². The zero-order valence-electron chi connectivity index (χ0n) is 14.7. The second kappa shape index (κ2) is 11.0. The smallest absolute Gasteiger partial charge is 0.322 e. The molecular weight excluding hydrogens is 350 g/mol. The molecule has 0 fully saturated rings. The van der Waals surface area contributed by atoms with Gasteiger partial charge in [-0.1, -0.05) is 0 Å². The second-order valence-electron chi connectivity index (χ2n) is 5.62. The van der Waals surface area contributed by atoms with Crippen LogP contribution in [0.3, 0.4) is 0 Å². The number of carboxylic acids is 1. The molecule has 0 bridgehead atoms. The molecule has 0 saturated heterocycles. The Morgan fingerprint density at radius 1 is 0.846 bits per heavy atom. The monoisotopic (exact) mass is 375 g/mol. The van der Waals surface area contributed by atoms with Crippen molar-refractivity contribution in [2.45, 2.75) is 45.0 Å². The highest BCUT2D eigenvalue weighted by Gasteiger charge is 2.25. The fraction of sp³-hybridized carbons (Fsp3) is 0.643. The predicted molar refractivity (Wildman–Crippen MR) is 88.5 cm³/mol. The Hall–Kier alpha value is -2.73. The highest BCUT2D eigenvalue weighted by molar-refractivity contribution is 5.94. The van der Waals surface area contributed by atoms with Crippen LogP contribution in [0.25, 0.3) is 0 Å². The lowest BCUT2D eigenvalue weighted by Gasteiger charge is -2.20. The molecule has 0 aliphatic carbocycles. The van der Waals surface area contributed by atoms with Crippen LogP contribution >= 0.6 is 0 Å². The van der Waals surface area contributed by atoms with Gasteiger partial charge in [-0.25, -0.2) is 0 Å². The van der Waals surface area contributed by atoms with Gasteiger partial charge in [-0.3, -0.25) is 24.0 Å². The molecular formula is C14H25N5O7. The lowest BCUT2D eigenvalue weighted by molar-refractivity contribution is -0.138. The Bertz CT molecular complexity index is 552. The highest BCUT2D eigenvalue weighted by atomic mass is 16.4. The normalized spacial score (nSPS) is 15.0. The summed E-state index contributed by atoms with van der Waals surface area (Å²) in [6, 6.07) is -3.23. The first-order chi connectivity index (χ1) is 12.0. The first-order valence-corrected chi connectivity index (χ1v) is 7.76. The van der Waals surface area contributed by atoms with Crippen LogP contribution in [-0.4, -0.2) is 77.1 Å². The molecule has 0 spiro atoms. The van der Waals surface area contributed by atoms with Crippen LogP contribution in [0.4, 0.5) is 0 Å². The van der Waals surface area contributed by atoms with Gasteiger partial charge in [0.25, 0.3) is 0 Å². The topological polar surface area (TPSA) is 200 Å². The molecule has 0 radical (unpaired) electrons. The van der Waals surface area contributed by atoms with E-state index in [1.54, 1.807) is 0 Å². The second-order valence-corrected chi connectivity index (χ2v) is 5.62. The number of aliphatic hydroxyl groups is 1. The number of aliphatic hydroxyl groups excluding tert-OH is 1. The summed E-state index contributed by atoms with van der Waals surface area (Å²) < 4.78 is 0. The third-order valence-electron chi connectivity index (χ3n) is 3.19. The number of carbonyl (C=O) groups is 5. The summed E-state index contributed by atoms with van der Waals surface area (Å²) in [5.41, 5.74) is 5.44. The zero-order valence-corrected chi connectivity index (χ0v) is 14.7. The highest BCUT2D eigenvalue weighted by Crippen LogP contribution is 1.92. The van der Waals surface area contributed by atoms with Crippen LogP contribution in [0.5, 0.6) is 0 Å². The lowest BCUT2D eigenvalue weighted by Crippen LogP contribution is -2.56. The summed E-state index contributed by atoms with van der Waals surface area (Å²) in [5, 5.41) is 26.5. The summed E-state index contributed by atoms with van der Waals surface area (Å²) in [7, 11) is 0. The average molecular weight is 375 g/mol. The Kier molecular flexibility index (Phi) is 9.84. The maximum atomic E-state index is 11.9. The standard InChI is InChI=1S/C14H25N5O7/c1-6(12(24)17-4-9(21)16-5-10(22)23)18-13(25)7(2)19-14(26)11(15)8(3)20/h6-8,11,20H,4-5,15H2,1-3H3,(H,16,21)(H,17,24)(H,18,25)(H,19,26)(H,22,23)/t6-,7-,8+,11-/m0/s1. The molecule has 0 aliphatic heterocycles. The minimum atomic E-state index is -1.23. The summed E-state index contributed by atoms with van der Waals surface area (Å²) in [5.74, 6) is -4.00. The Labute approximate surface area is 149 Å². The first-order valence-electron chi connectivity index (χ1n) is 7.76. The van der Waals surface area contributed by atoms with E-state index in [0.717, 1.165) is 0 Å². The molecule has 148 valence electrons. The van der Waals surface area contributed by atoms with Gasteiger partial charge in [-0.15, -0.1) is 0 Å². The molecule has 0 rings (SSSR count). The van der Waals surface area contributed by atoms with Gasteiger partial charge in [0.2, 0.25) is 23.6 Å². The molecule has 0 unspecified atom stereocenters. The van der Waals surface area contributed by atoms with Crippen LogP contribution in [0.1, 0.15) is 20.8 Å². The maximum absolute atomic E-state index is 11.9. The van der Waals surface area contributed by atoms with E-state index >= 15 is 0 Å². The van der Waals surface area contributed by atoms with Crippen molar-refractivity contribution in [2.75, 3.05) is 13.1 Å². The van der Waals surface area contributed by atoms with Crippen LogP contribution in [0.2, 0.25) is 0 Å². The van der Waals surface area contributed by atoms with Crippen molar-refractivity contribution in [2.24, 2.45) is 5.73 Å². The van der Waals surface area contributed by atoms with Crippen LogP contribution in [-0.2, 0) is 24.0 Å². The number of carbonyl (C=O) groups excluding carboxylic acids is 4. The van der Waals surface area contributed by atoms with Crippen molar-refractivity contribution in [3.63, 3.8) is 0 Å². The molecule has 26 heavy (non-hydrogen) atoms. The number of rotatable bonds is 10. The molecule has 4 atom stereocenters. The number of aliphatic carboxylic acids is 1. The minimum absolute atomic E-state index is 0.456. The Morgan fingerprint density at radius 2 is 1.35 bits per heavy atom. The van der Waals surface area contributed by atoms with Crippen molar-refractivity contribution < 1.29 is 34.2 Å². The molecule has 4 amide bonds. The van der Waals surface area contributed by atoms with Gasteiger partial charge in [0.15, 0.2) is 0 Å². The Morgan fingerprint density at radius 3 is 1.85 bits per heavy atom. The largest absolute Gasteiger partial charge is 0.480 e. The third-order valence-corrected chi connectivity index (χ3v) is 3.19. The molecule has 0 heterocycles. The van der Waals surface area contributed by atoms with Gasteiger partial charge in [0, 0.05) is 0 Å². The molecule has 12 heteroatoms. The number of amides is 4. The van der Waals surface area contributed by atoms with Crippen LogP contribution < -0.4 is 27.0 Å². The number of hydrogen-bond acceptors (Lipinski definition) is 7. The molecule has 12 nitrogen and oxygen atoms in total. The van der Waals surface area contributed by atoms with Gasteiger partial charge in [0.05, 0.1) is 12.6 Å². The lowest BCUT2D eigenvalue weighted by atomic mass is 10.1. The van der Waals surface area contributed by atoms with Gasteiger partial charge in [-0.05, 0) is 20.8 Å². The molecule has 0 saturated carbocycles. The van der Waals surface area contributed by atoms with Crippen LogP contribution in [0, 0.1) is 0 Å². The van der Waals surface area contributed by atoms with Crippen molar-refractivity contribution in [1.82, 2.24) is 21.3 Å². The van der Waals surface area contributed by atoms with E-state index < -0.39 is 66.9 Å². The summed E-state index contributed by atoms with van der Waals surface area (Å²) in [6.45, 7) is 3.02. The quantitative estimate of drug-likeness (QED) is 0.200. The van der Waals surface area contributed by atoms with Crippen molar-refractivity contribution in [3.05, 3.63) is 0 Å². The predicted octanol–water partition coefficient (Wildman–Crippen LogP) is -3.98. The van der Waals surface area contributed by atoms with Gasteiger partial charge in [-0.2, -0.15) is 0 Å². The zero-order chi connectivity index (χ0) is 20.4. The molecule has 0 aromatic rings. The molecule has 0 aliphatic rings. The number of carboxylic acid groups (broad SMARTS) is 1. The van der Waals surface area contributed by atoms with E-state index in [4.69, 9.17) is 10.8 Å². The van der Waals surface area contributed by atoms with E-state index in [0.29, 0.717) is 0 Å². The van der Waals surface area contributed by atoms with Crippen LogP contribution in [0.15, 0.2) is 0 Å². The molecule has 8 N–H and O–H groups in total. The molecule has 0 aromatic heterocycles. The van der Waals surface area contributed by atoms with Gasteiger partial charge >= 0.3 is 5.97 Å². The SMILES string of the molecule is C[C@H](NC(=O)[C@H](C)NC(=O)[C@@H](N)[C@@H](C)O)C(=O)NCC(=O)NCC(=O)O. The number of nitrogens with one attached hydrogen (secondary N) is 4. The van der Waals surface area contributed by atoms with Crippen molar-refractivity contribution in [3.8, 4) is 0 Å². The minimum Gasteiger partial charge on any atom is -0.480 e. The van der Waals surface area contributed by atoms with Gasteiger partial charge in [0.1, 0.15) is 24.7 Å². The van der Waals surface area contributed by atoms with E-state index in [2.05, 4.69) is 21.3 Å². The van der Waals surface area contributed by atoms with Crippen molar-refractivity contribution in [1.29, 1.82) is 0 Å². The summed E-state index contributed by atoms with van der Waals surface area (Å²) in [6.07, 6.45) is -1.10. The van der Waals surface area contributed by atoms with Gasteiger partial charge < -0.3 is 37.2 Å². The fourth-order valence-electron chi connectivity index (χ4n) is 1.56. The maximum Gasteiger partial charge on any atom is 0.322 e. The third kappa shape index (κ3) is 8.94. The fourth-order valence-corrected chi connectivity index (χ4v) is 1.56. The number of nitrogens with two attached hydrogens (primary N) is 1. The Balaban J connectivity index is 4.34. The van der Waals surface area contributed by atoms with E-state index in [1.807, 2.05) is 0 Å². The van der Waals surface area contributed by atoms with E-state index in [1.165, 1.54) is 20.8 Å². The summed E-state index contributed by atoms with van der Waals surface area (Å²) in [4.78, 5) is 57.0. The first kappa shape index (κ1) is 23.3.